The van der Waals surface area contributed by atoms with Gasteiger partial charge in [-0.1, -0.05) is 58.8 Å². The number of nitrogens with one attached hydrogen (secondary N) is 1. The first-order chi connectivity index (χ1) is 10.2. The predicted molar refractivity (Wildman–Crippen MR) is 92.7 cm³/mol. The first-order valence-electron chi connectivity index (χ1n) is 9.56. The lowest BCUT2D eigenvalue weighted by Gasteiger charge is -2.53. The average Bonchev–Trinajstić information content (AvgIpc) is 2.53. The van der Waals surface area contributed by atoms with Crippen LogP contribution in [0, 0.1) is 11.8 Å². The van der Waals surface area contributed by atoms with Crippen LogP contribution in [0.25, 0.3) is 0 Å². The van der Waals surface area contributed by atoms with Crippen LogP contribution in [0.5, 0.6) is 0 Å². The zero-order valence-electron chi connectivity index (χ0n) is 15.0. The normalized spacial score (nSPS) is 31.3. The highest BCUT2D eigenvalue weighted by Gasteiger charge is 2.46. The second-order valence-corrected chi connectivity index (χ2v) is 7.71. The molecular formula is C19H38N2. The molecule has 2 nitrogen and oxygen atoms in total. The SMILES string of the molecule is CCNC(C1CCCCC1CC)C1(N(C)C)CCCCC1. The van der Waals surface area contributed by atoms with E-state index in [-0.39, 0.29) is 0 Å². The average molecular weight is 295 g/mol. The summed E-state index contributed by atoms with van der Waals surface area (Å²) < 4.78 is 0. The molecule has 2 saturated carbocycles. The number of hydrogen-bond acceptors (Lipinski definition) is 2. The van der Waals surface area contributed by atoms with Crippen LogP contribution in [0.3, 0.4) is 0 Å². The van der Waals surface area contributed by atoms with Gasteiger partial charge in [-0.25, -0.2) is 0 Å². The van der Waals surface area contributed by atoms with E-state index in [1.165, 1.54) is 64.2 Å². The fourth-order valence-electron chi connectivity index (χ4n) is 5.34. The van der Waals surface area contributed by atoms with E-state index in [1.54, 1.807) is 0 Å². The molecule has 2 aliphatic rings. The van der Waals surface area contributed by atoms with Crippen LogP contribution in [0.1, 0.15) is 78.1 Å². The van der Waals surface area contributed by atoms with Crippen molar-refractivity contribution in [2.75, 3.05) is 20.6 Å². The quantitative estimate of drug-likeness (QED) is 0.779. The highest BCUT2D eigenvalue weighted by atomic mass is 15.2. The van der Waals surface area contributed by atoms with Crippen LogP contribution in [0.4, 0.5) is 0 Å². The largest absolute Gasteiger partial charge is 0.312 e. The Bertz CT molecular complexity index is 294. The van der Waals surface area contributed by atoms with Crippen LogP contribution in [0.2, 0.25) is 0 Å². The molecule has 0 aromatic rings. The summed E-state index contributed by atoms with van der Waals surface area (Å²) in [6, 6.07) is 0.697. The summed E-state index contributed by atoms with van der Waals surface area (Å²) in [5.41, 5.74) is 0.406. The molecule has 0 heterocycles. The van der Waals surface area contributed by atoms with E-state index in [2.05, 4.69) is 38.2 Å². The number of nitrogens with zero attached hydrogens (tertiary/aromatic N) is 1. The van der Waals surface area contributed by atoms with Gasteiger partial charge in [0.25, 0.3) is 0 Å². The van der Waals surface area contributed by atoms with Crippen molar-refractivity contribution in [1.29, 1.82) is 0 Å². The lowest BCUT2D eigenvalue weighted by atomic mass is 9.64. The molecule has 21 heavy (non-hydrogen) atoms. The molecule has 2 heteroatoms. The van der Waals surface area contributed by atoms with Crippen molar-refractivity contribution in [2.45, 2.75) is 89.6 Å². The van der Waals surface area contributed by atoms with Crippen LogP contribution in [-0.2, 0) is 0 Å². The van der Waals surface area contributed by atoms with Crippen molar-refractivity contribution < 1.29 is 0 Å². The second kappa shape index (κ2) is 7.97. The second-order valence-electron chi connectivity index (χ2n) is 7.71. The zero-order valence-corrected chi connectivity index (χ0v) is 15.0. The van der Waals surface area contributed by atoms with Crippen LogP contribution in [-0.4, -0.2) is 37.1 Å². The molecule has 2 rings (SSSR count). The van der Waals surface area contributed by atoms with E-state index in [9.17, 15) is 0 Å². The van der Waals surface area contributed by atoms with Gasteiger partial charge in [-0.2, -0.15) is 0 Å². The lowest BCUT2D eigenvalue weighted by Crippen LogP contribution is -2.63. The number of hydrogen-bond donors (Lipinski definition) is 1. The molecule has 0 spiro atoms. The molecule has 2 aliphatic carbocycles. The van der Waals surface area contributed by atoms with Gasteiger partial charge in [-0.15, -0.1) is 0 Å². The molecule has 0 aromatic heterocycles. The molecule has 0 amide bonds. The monoisotopic (exact) mass is 294 g/mol. The van der Waals surface area contributed by atoms with Crippen LogP contribution in [0.15, 0.2) is 0 Å². The third-order valence-electron chi connectivity index (χ3n) is 6.53. The number of likely N-dealkylation sites (N-methyl/N-ethyl adjacent to an activating group) is 2. The fourth-order valence-corrected chi connectivity index (χ4v) is 5.34. The first kappa shape index (κ1) is 17.3. The summed E-state index contributed by atoms with van der Waals surface area (Å²) in [6.45, 7) is 5.82. The topological polar surface area (TPSA) is 15.3 Å². The summed E-state index contributed by atoms with van der Waals surface area (Å²) in [5.74, 6) is 1.84. The first-order valence-corrected chi connectivity index (χ1v) is 9.56. The van der Waals surface area contributed by atoms with Crippen molar-refractivity contribution in [2.24, 2.45) is 11.8 Å². The molecule has 0 saturated heterocycles. The standard InChI is InChI=1S/C19H38N2/c1-5-16-12-8-9-13-17(16)18(20-6-2)19(21(3)4)14-10-7-11-15-19/h16-18,20H,5-15H2,1-4H3. The van der Waals surface area contributed by atoms with E-state index in [0.717, 1.165) is 18.4 Å². The minimum absolute atomic E-state index is 0.406. The van der Waals surface area contributed by atoms with Crippen molar-refractivity contribution in [3.05, 3.63) is 0 Å². The number of rotatable bonds is 6. The Morgan fingerprint density at radius 2 is 1.67 bits per heavy atom. The van der Waals surface area contributed by atoms with Crippen molar-refractivity contribution >= 4 is 0 Å². The third kappa shape index (κ3) is 3.64. The highest BCUT2D eigenvalue weighted by molar-refractivity contribution is 5.04. The molecule has 124 valence electrons. The van der Waals surface area contributed by atoms with E-state index < -0.39 is 0 Å². The van der Waals surface area contributed by atoms with Gasteiger partial charge < -0.3 is 10.2 Å². The summed E-state index contributed by atoms with van der Waals surface area (Å²) in [4.78, 5) is 2.58. The smallest absolute Gasteiger partial charge is 0.0359 e. The molecular weight excluding hydrogens is 256 g/mol. The molecule has 0 radical (unpaired) electrons. The van der Waals surface area contributed by atoms with Gasteiger partial charge >= 0.3 is 0 Å². The van der Waals surface area contributed by atoms with E-state index in [4.69, 9.17) is 0 Å². The molecule has 3 atom stereocenters. The minimum Gasteiger partial charge on any atom is -0.312 e. The van der Waals surface area contributed by atoms with Gasteiger partial charge in [-0.3, -0.25) is 0 Å². The fraction of sp³-hybridized carbons (Fsp3) is 1.00. The van der Waals surface area contributed by atoms with Gasteiger partial charge in [-0.05, 0) is 51.7 Å². The third-order valence-corrected chi connectivity index (χ3v) is 6.53. The Hall–Kier alpha value is -0.0800. The molecule has 0 aliphatic heterocycles. The Labute approximate surface area is 133 Å². The van der Waals surface area contributed by atoms with E-state index in [1.807, 2.05) is 0 Å². The molecule has 3 unspecified atom stereocenters. The van der Waals surface area contributed by atoms with Gasteiger partial charge in [0.1, 0.15) is 0 Å². The Kier molecular flexibility index (Phi) is 6.55. The molecule has 0 bridgehead atoms. The molecule has 2 fully saturated rings. The summed E-state index contributed by atoms with van der Waals surface area (Å²) in [7, 11) is 4.67. The Morgan fingerprint density at radius 1 is 1.00 bits per heavy atom. The summed E-state index contributed by atoms with van der Waals surface area (Å²) >= 11 is 0. The Morgan fingerprint density at radius 3 is 2.24 bits per heavy atom. The van der Waals surface area contributed by atoms with Crippen molar-refractivity contribution in [3.8, 4) is 0 Å². The maximum atomic E-state index is 3.97. The minimum atomic E-state index is 0.406. The van der Waals surface area contributed by atoms with Gasteiger partial charge in [0.05, 0.1) is 0 Å². The maximum Gasteiger partial charge on any atom is 0.0359 e. The lowest BCUT2D eigenvalue weighted by molar-refractivity contribution is 0.00752. The zero-order chi connectivity index (χ0) is 15.3. The highest BCUT2D eigenvalue weighted by Crippen LogP contribution is 2.44. The van der Waals surface area contributed by atoms with E-state index in [0.29, 0.717) is 11.6 Å². The van der Waals surface area contributed by atoms with Crippen molar-refractivity contribution in [3.63, 3.8) is 0 Å². The van der Waals surface area contributed by atoms with Crippen LogP contribution < -0.4 is 5.32 Å². The van der Waals surface area contributed by atoms with Crippen LogP contribution >= 0.6 is 0 Å². The van der Waals surface area contributed by atoms with Gasteiger partial charge in [0.15, 0.2) is 0 Å². The van der Waals surface area contributed by atoms with Gasteiger partial charge in [0, 0.05) is 11.6 Å². The molecule has 1 N–H and O–H groups in total. The maximum absolute atomic E-state index is 3.97. The summed E-state index contributed by atoms with van der Waals surface area (Å²) in [5, 5.41) is 3.97. The van der Waals surface area contributed by atoms with Gasteiger partial charge in [0.2, 0.25) is 0 Å². The van der Waals surface area contributed by atoms with E-state index >= 15 is 0 Å². The predicted octanol–water partition coefficient (Wildman–Crippen LogP) is 4.45. The molecule has 0 aromatic carbocycles. The summed E-state index contributed by atoms with van der Waals surface area (Å²) in [6.07, 6.45) is 14.3. The Balaban J connectivity index is 2.25. The van der Waals surface area contributed by atoms with Crippen molar-refractivity contribution in [1.82, 2.24) is 10.2 Å².